The molecule has 3 aromatic carbocycles. The number of halogens is 5. The summed E-state index contributed by atoms with van der Waals surface area (Å²) < 4.78 is 43.1. The Hall–Kier alpha value is -2.42. The van der Waals surface area contributed by atoms with E-state index in [0.29, 0.717) is 21.9 Å². The summed E-state index contributed by atoms with van der Waals surface area (Å²) in [7, 11) is 0. The predicted molar refractivity (Wildman–Crippen MR) is 136 cm³/mol. The molecule has 0 bridgehead atoms. The first-order chi connectivity index (χ1) is 16.6. The smallest absolute Gasteiger partial charge is 0.374 e. The van der Waals surface area contributed by atoms with E-state index in [1.165, 1.54) is 18.2 Å². The maximum atomic E-state index is 14.4. The summed E-state index contributed by atoms with van der Waals surface area (Å²) in [5.41, 5.74) is -1.97. The zero-order chi connectivity index (χ0) is 25.4. The molecule has 1 N–H and O–H groups in total. The van der Waals surface area contributed by atoms with E-state index < -0.39 is 18.2 Å². The molecule has 4 rings (SSSR count). The van der Waals surface area contributed by atoms with Gasteiger partial charge in [0.05, 0.1) is 5.71 Å². The SMILES string of the molecule is CSC[C@@H](C)NC(=O)c1ccc(C2=NO[C@@](c3cc(Cl)cc(Cl)c3)(C(F)(F)F)C2)c2ccccc12. The van der Waals surface area contributed by atoms with E-state index in [2.05, 4.69) is 10.5 Å². The van der Waals surface area contributed by atoms with E-state index in [-0.39, 0.29) is 33.3 Å². The maximum Gasteiger partial charge on any atom is 0.435 e. The topological polar surface area (TPSA) is 50.7 Å². The van der Waals surface area contributed by atoms with Crippen molar-refractivity contribution in [3.63, 3.8) is 0 Å². The molecular formula is C25H21Cl2F3N2O2S. The van der Waals surface area contributed by atoms with E-state index in [1.54, 1.807) is 48.2 Å². The number of amides is 1. The molecule has 1 amide bonds. The van der Waals surface area contributed by atoms with Crippen LogP contribution in [0.5, 0.6) is 0 Å². The highest BCUT2D eigenvalue weighted by atomic mass is 35.5. The van der Waals surface area contributed by atoms with E-state index in [0.717, 1.165) is 5.75 Å². The second-order valence-electron chi connectivity index (χ2n) is 8.33. The molecule has 0 saturated carbocycles. The van der Waals surface area contributed by atoms with Gasteiger partial charge in [0, 0.05) is 45.0 Å². The lowest BCUT2D eigenvalue weighted by Crippen LogP contribution is -2.42. The van der Waals surface area contributed by atoms with Gasteiger partial charge in [-0.15, -0.1) is 0 Å². The Morgan fingerprint density at radius 2 is 1.80 bits per heavy atom. The van der Waals surface area contributed by atoms with Crippen molar-refractivity contribution in [3.8, 4) is 0 Å². The number of benzene rings is 3. The second-order valence-corrected chi connectivity index (χ2v) is 10.1. The van der Waals surface area contributed by atoms with Gasteiger partial charge in [-0.3, -0.25) is 4.79 Å². The summed E-state index contributed by atoms with van der Waals surface area (Å²) in [5.74, 6) is 0.500. The monoisotopic (exact) mass is 540 g/mol. The molecule has 1 aliphatic heterocycles. The zero-order valence-corrected chi connectivity index (χ0v) is 21.1. The molecule has 3 aromatic rings. The first kappa shape index (κ1) is 25.7. The highest BCUT2D eigenvalue weighted by molar-refractivity contribution is 7.98. The van der Waals surface area contributed by atoms with Crippen LogP contribution >= 0.6 is 35.0 Å². The number of nitrogens with zero attached hydrogens (tertiary/aromatic N) is 1. The predicted octanol–water partition coefficient (Wildman–Crippen LogP) is 7.21. The van der Waals surface area contributed by atoms with Crippen LogP contribution in [0, 0.1) is 0 Å². The number of oxime groups is 1. The quantitative estimate of drug-likeness (QED) is 0.359. The van der Waals surface area contributed by atoms with Crippen molar-refractivity contribution in [1.82, 2.24) is 5.32 Å². The number of carbonyl (C=O) groups is 1. The Balaban J connectivity index is 1.75. The van der Waals surface area contributed by atoms with Gasteiger partial charge < -0.3 is 10.2 Å². The summed E-state index contributed by atoms with van der Waals surface area (Å²) in [5, 5.41) is 8.15. The molecule has 2 atom stereocenters. The molecule has 184 valence electrons. The maximum absolute atomic E-state index is 14.4. The number of rotatable bonds is 6. The molecule has 1 aliphatic rings. The molecular weight excluding hydrogens is 520 g/mol. The normalized spacial score (nSPS) is 18.8. The van der Waals surface area contributed by atoms with Gasteiger partial charge in [-0.05, 0) is 48.2 Å². The van der Waals surface area contributed by atoms with Crippen molar-refractivity contribution in [2.75, 3.05) is 12.0 Å². The van der Waals surface area contributed by atoms with Gasteiger partial charge in [0.15, 0.2) is 0 Å². The van der Waals surface area contributed by atoms with E-state index >= 15 is 0 Å². The Bertz CT molecular complexity index is 1300. The van der Waals surface area contributed by atoms with Crippen LogP contribution in [0.4, 0.5) is 13.2 Å². The minimum absolute atomic E-state index is 0.0412. The third-order valence-corrected chi connectivity index (χ3v) is 7.06. The van der Waals surface area contributed by atoms with Crippen LogP contribution in [0.15, 0.2) is 59.8 Å². The van der Waals surface area contributed by atoms with Gasteiger partial charge in [0.2, 0.25) is 0 Å². The zero-order valence-electron chi connectivity index (χ0n) is 18.7. The summed E-state index contributed by atoms with van der Waals surface area (Å²) in [6, 6.07) is 13.9. The minimum Gasteiger partial charge on any atom is -0.374 e. The third kappa shape index (κ3) is 4.97. The van der Waals surface area contributed by atoms with Crippen LogP contribution in [0.25, 0.3) is 10.8 Å². The molecule has 0 radical (unpaired) electrons. The number of thioether (sulfide) groups is 1. The van der Waals surface area contributed by atoms with Crippen molar-refractivity contribution in [1.29, 1.82) is 0 Å². The van der Waals surface area contributed by atoms with Crippen LogP contribution < -0.4 is 5.32 Å². The van der Waals surface area contributed by atoms with Crippen molar-refractivity contribution in [2.24, 2.45) is 5.16 Å². The molecule has 0 saturated heterocycles. The van der Waals surface area contributed by atoms with Gasteiger partial charge >= 0.3 is 6.18 Å². The molecule has 4 nitrogen and oxygen atoms in total. The number of nitrogens with one attached hydrogen (secondary N) is 1. The lowest BCUT2D eigenvalue weighted by Gasteiger charge is -2.29. The number of hydrogen-bond donors (Lipinski definition) is 1. The Kier molecular flexibility index (Phi) is 7.27. The molecule has 0 spiro atoms. The molecule has 0 unspecified atom stereocenters. The van der Waals surface area contributed by atoms with E-state index in [1.807, 2.05) is 13.2 Å². The summed E-state index contributed by atoms with van der Waals surface area (Å²) >= 11 is 13.6. The molecule has 0 aliphatic carbocycles. The third-order valence-electron chi connectivity index (χ3n) is 5.79. The van der Waals surface area contributed by atoms with Crippen LogP contribution in [0.3, 0.4) is 0 Å². The van der Waals surface area contributed by atoms with E-state index in [9.17, 15) is 18.0 Å². The van der Waals surface area contributed by atoms with Crippen molar-refractivity contribution < 1.29 is 22.8 Å². The highest BCUT2D eigenvalue weighted by Crippen LogP contribution is 2.50. The molecule has 0 aromatic heterocycles. The van der Waals surface area contributed by atoms with Crippen molar-refractivity contribution in [2.45, 2.75) is 31.2 Å². The lowest BCUT2D eigenvalue weighted by atomic mass is 9.85. The molecule has 35 heavy (non-hydrogen) atoms. The standard InChI is InChI=1S/C25H21Cl2F3N2O2S/c1-14(13-35-2)31-23(33)21-8-7-20(18-5-3-4-6-19(18)21)22-12-24(34-32-22,25(28,29)30)15-9-16(26)11-17(27)10-15/h3-11,14H,12-13H2,1-2H3,(H,31,33)/t14-,24+/m1/s1. The fourth-order valence-corrected chi connectivity index (χ4v) is 5.29. The van der Waals surface area contributed by atoms with Gasteiger partial charge in [-0.1, -0.05) is 58.7 Å². The average Bonchev–Trinajstić information content (AvgIpc) is 3.24. The Labute approximate surface area is 214 Å². The first-order valence-corrected chi connectivity index (χ1v) is 12.8. The highest BCUT2D eigenvalue weighted by Gasteiger charge is 2.62. The number of alkyl halides is 3. The van der Waals surface area contributed by atoms with Crippen LogP contribution in [-0.2, 0) is 10.4 Å². The number of fused-ring (bicyclic) bond motifs is 1. The van der Waals surface area contributed by atoms with E-state index in [4.69, 9.17) is 28.0 Å². The molecule has 0 fully saturated rings. The Morgan fingerprint density at radius 3 is 2.43 bits per heavy atom. The largest absolute Gasteiger partial charge is 0.435 e. The molecule has 10 heteroatoms. The fraction of sp³-hybridized carbons (Fsp3) is 0.280. The lowest BCUT2D eigenvalue weighted by molar-refractivity contribution is -0.275. The number of carbonyl (C=O) groups excluding carboxylic acids is 1. The summed E-state index contributed by atoms with van der Waals surface area (Å²) in [6.45, 7) is 1.91. The van der Waals surface area contributed by atoms with Crippen LogP contribution in [0.2, 0.25) is 10.0 Å². The average molecular weight is 541 g/mol. The summed E-state index contributed by atoms with van der Waals surface area (Å²) in [4.78, 5) is 18.0. The van der Waals surface area contributed by atoms with Crippen LogP contribution in [0.1, 0.15) is 34.8 Å². The number of hydrogen-bond acceptors (Lipinski definition) is 4. The minimum atomic E-state index is -4.80. The summed E-state index contributed by atoms with van der Waals surface area (Å²) in [6.07, 6.45) is -3.42. The van der Waals surface area contributed by atoms with Gasteiger partial charge in [0.1, 0.15) is 0 Å². The van der Waals surface area contributed by atoms with Gasteiger partial charge in [-0.2, -0.15) is 24.9 Å². The fourth-order valence-electron chi connectivity index (χ4n) is 4.18. The Morgan fingerprint density at radius 1 is 1.14 bits per heavy atom. The first-order valence-electron chi connectivity index (χ1n) is 10.7. The van der Waals surface area contributed by atoms with Crippen molar-refractivity contribution >= 4 is 57.4 Å². The van der Waals surface area contributed by atoms with Gasteiger partial charge in [-0.25, -0.2) is 0 Å². The molecule has 1 heterocycles. The second kappa shape index (κ2) is 9.91. The van der Waals surface area contributed by atoms with Crippen molar-refractivity contribution in [3.05, 3.63) is 81.3 Å². The van der Waals surface area contributed by atoms with Crippen LogP contribution in [-0.4, -0.2) is 35.8 Å². The van der Waals surface area contributed by atoms with Gasteiger partial charge in [0.25, 0.3) is 11.5 Å².